The predicted octanol–water partition coefficient (Wildman–Crippen LogP) is 2.99. The molecule has 1 aromatic heterocycles. The highest BCUT2D eigenvalue weighted by atomic mass is 32.2. The van der Waals surface area contributed by atoms with Gasteiger partial charge in [0.2, 0.25) is 5.91 Å². The minimum absolute atomic E-state index is 0.201. The number of benzene rings is 1. The monoisotopic (exact) mass is 316 g/mol. The van der Waals surface area contributed by atoms with Crippen molar-refractivity contribution in [2.24, 2.45) is 0 Å². The summed E-state index contributed by atoms with van der Waals surface area (Å²) in [5, 5.41) is 3.51. The molecule has 0 saturated heterocycles. The SMILES string of the molecule is CCOC(=O)c1ccccc1NC(=O)CSc1ccccn1. The average molecular weight is 316 g/mol. The quantitative estimate of drug-likeness (QED) is 0.655. The Morgan fingerprint density at radius 2 is 1.95 bits per heavy atom. The fourth-order valence-electron chi connectivity index (χ4n) is 1.74. The first-order valence-corrected chi connectivity index (χ1v) is 7.79. The number of nitrogens with zero attached hydrogens (tertiary/aromatic N) is 1. The van der Waals surface area contributed by atoms with Crippen LogP contribution < -0.4 is 5.32 Å². The minimum atomic E-state index is -0.448. The summed E-state index contributed by atoms with van der Waals surface area (Å²) in [6, 6.07) is 12.3. The molecule has 0 aliphatic carbocycles. The van der Waals surface area contributed by atoms with E-state index in [4.69, 9.17) is 4.74 Å². The molecule has 5 nitrogen and oxygen atoms in total. The van der Waals surface area contributed by atoms with Crippen LogP contribution in [0.2, 0.25) is 0 Å². The van der Waals surface area contributed by atoms with Gasteiger partial charge in [0.25, 0.3) is 0 Å². The Morgan fingerprint density at radius 1 is 1.18 bits per heavy atom. The molecule has 0 aliphatic rings. The number of anilines is 1. The Hall–Kier alpha value is -2.34. The number of aromatic nitrogens is 1. The molecule has 1 heterocycles. The van der Waals surface area contributed by atoms with Crippen molar-refractivity contribution in [2.75, 3.05) is 17.7 Å². The molecule has 0 radical (unpaired) electrons. The molecule has 0 fully saturated rings. The fourth-order valence-corrected chi connectivity index (χ4v) is 2.40. The van der Waals surface area contributed by atoms with E-state index in [1.807, 2.05) is 18.2 Å². The number of nitrogens with one attached hydrogen (secondary N) is 1. The van der Waals surface area contributed by atoms with Gasteiger partial charge in [0.05, 0.1) is 28.6 Å². The average Bonchev–Trinajstić information content (AvgIpc) is 2.54. The summed E-state index contributed by atoms with van der Waals surface area (Å²) in [6.07, 6.45) is 1.68. The molecule has 1 N–H and O–H groups in total. The first-order chi connectivity index (χ1) is 10.7. The van der Waals surface area contributed by atoms with Crippen LogP contribution >= 0.6 is 11.8 Å². The van der Waals surface area contributed by atoms with Crippen LogP contribution in [0.15, 0.2) is 53.7 Å². The zero-order valence-electron chi connectivity index (χ0n) is 12.1. The van der Waals surface area contributed by atoms with Gasteiger partial charge < -0.3 is 10.1 Å². The van der Waals surface area contributed by atoms with E-state index in [9.17, 15) is 9.59 Å². The van der Waals surface area contributed by atoms with E-state index >= 15 is 0 Å². The van der Waals surface area contributed by atoms with Crippen molar-refractivity contribution >= 4 is 29.3 Å². The van der Waals surface area contributed by atoms with E-state index in [1.165, 1.54) is 11.8 Å². The van der Waals surface area contributed by atoms with E-state index in [1.54, 1.807) is 37.4 Å². The van der Waals surface area contributed by atoms with Crippen LogP contribution in [0.1, 0.15) is 17.3 Å². The Kier molecular flexibility index (Phi) is 5.97. The van der Waals surface area contributed by atoms with Gasteiger partial charge >= 0.3 is 5.97 Å². The van der Waals surface area contributed by atoms with Crippen molar-refractivity contribution in [3.63, 3.8) is 0 Å². The first kappa shape index (κ1) is 16.0. The van der Waals surface area contributed by atoms with Crippen LogP contribution in [0, 0.1) is 0 Å². The Balaban J connectivity index is 1.98. The fraction of sp³-hybridized carbons (Fsp3) is 0.188. The summed E-state index contributed by atoms with van der Waals surface area (Å²) in [5.74, 6) is -0.433. The number of carbonyl (C=O) groups is 2. The molecule has 0 saturated carbocycles. The van der Waals surface area contributed by atoms with Crippen molar-refractivity contribution in [3.05, 3.63) is 54.2 Å². The van der Waals surface area contributed by atoms with Crippen molar-refractivity contribution in [2.45, 2.75) is 11.9 Å². The van der Waals surface area contributed by atoms with Crippen LogP contribution in [0.4, 0.5) is 5.69 Å². The van der Waals surface area contributed by atoms with Gasteiger partial charge in [0.1, 0.15) is 0 Å². The normalized spacial score (nSPS) is 10.0. The van der Waals surface area contributed by atoms with Crippen molar-refractivity contribution in [1.29, 1.82) is 0 Å². The van der Waals surface area contributed by atoms with Gasteiger partial charge in [-0.3, -0.25) is 4.79 Å². The Morgan fingerprint density at radius 3 is 2.68 bits per heavy atom. The number of hydrogen-bond donors (Lipinski definition) is 1. The van der Waals surface area contributed by atoms with Crippen LogP contribution in [0.3, 0.4) is 0 Å². The van der Waals surface area contributed by atoms with Crippen molar-refractivity contribution < 1.29 is 14.3 Å². The van der Waals surface area contributed by atoms with E-state index in [-0.39, 0.29) is 18.3 Å². The third-order valence-electron chi connectivity index (χ3n) is 2.69. The lowest BCUT2D eigenvalue weighted by Crippen LogP contribution is -2.17. The maximum absolute atomic E-state index is 12.0. The van der Waals surface area contributed by atoms with Gasteiger partial charge in [-0.1, -0.05) is 30.0 Å². The number of para-hydroxylation sites is 1. The van der Waals surface area contributed by atoms with Gasteiger partial charge in [-0.05, 0) is 31.2 Å². The second kappa shape index (κ2) is 8.19. The maximum Gasteiger partial charge on any atom is 0.340 e. The van der Waals surface area contributed by atoms with Crippen LogP contribution in [-0.2, 0) is 9.53 Å². The molecule has 1 aromatic carbocycles. The van der Waals surface area contributed by atoms with E-state index in [0.717, 1.165) is 5.03 Å². The number of amides is 1. The molecule has 0 atom stereocenters. The molecule has 0 bridgehead atoms. The summed E-state index contributed by atoms with van der Waals surface area (Å²) in [5.41, 5.74) is 0.799. The molecule has 22 heavy (non-hydrogen) atoms. The number of thioether (sulfide) groups is 1. The highest BCUT2D eigenvalue weighted by Crippen LogP contribution is 2.18. The van der Waals surface area contributed by atoms with Crippen molar-refractivity contribution in [1.82, 2.24) is 4.98 Å². The zero-order valence-corrected chi connectivity index (χ0v) is 12.9. The lowest BCUT2D eigenvalue weighted by molar-refractivity contribution is -0.113. The first-order valence-electron chi connectivity index (χ1n) is 6.80. The molecular formula is C16H16N2O3S. The zero-order chi connectivity index (χ0) is 15.8. The Bertz CT molecular complexity index is 647. The second-order valence-electron chi connectivity index (χ2n) is 4.27. The van der Waals surface area contributed by atoms with E-state index < -0.39 is 5.97 Å². The van der Waals surface area contributed by atoms with Crippen LogP contribution in [-0.4, -0.2) is 29.2 Å². The Labute approximate surface area is 133 Å². The van der Waals surface area contributed by atoms with Crippen molar-refractivity contribution in [3.8, 4) is 0 Å². The van der Waals surface area contributed by atoms with Gasteiger partial charge in [-0.2, -0.15) is 0 Å². The highest BCUT2D eigenvalue weighted by Gasteiger charge is 2.14. The predicted molar refractivity (Wildman–Crippen MR) is 86.0 cm³/mol. The standard InChI is InChI=1S/C16H16N2O3S/c1-2-21-16(20)12-7-3-4-8-13(12)18-14(19)11-22-15-9-5-6-10-17-15/h3-10H,2,11H2,1H3,(H,18,19). The third kappa shape index (κ3) is 4.60. The summed E-state index contributed by atoms with van der Waals surface area (Å²) >= 11 is 1.33. The van der Waals surface area contributed by atoms with Crippen LogP contribution in [0.25, 0.3) is 0 Å². The third-order valence-corrected chi connectivity index (χ3v) is 3.63. The largest absolute Gasteiger partial charge is 0.462 e. The number of carbonyl (C=O) groups excluding carboxylic acids is 2. The summed E-state index contributed by atoms with van der Waals surface area (Å²) in [4.78, 5) is 28.0. The summed E-state index contributed by atoms with van der Waals surface area (Å²) < 4.78 is 4.97. The topological polar surface area (TPSA) is 68.3 Å². The summed E-state index contributed by atoms with van der Waals surface area (Å²) in [7, 11) is 0. The summed E-state index contributed by atoms with van der Waals surface area (Å²) in [6.45, 7) is 2.03. The van der Waals surface area contributed by atoms with Gasteiger partial charge in [-0.15, -0.1) is 0 Å². The second-order valence-corrected chi connectivity index (χ2v) is 5.27. The molecule has 0 aliphatic heterocycles. The molecule has 0 unspecified atom stereocenters. The van der Waals surface area contributed by atoms with Crippen LogP contribution in [0.5, 0.6) is 0 Å². The molecule has 2 aromatic rings. The number of esters is 1. The lowest BCUT2D eigenvalue weighted by atomic mass is 10.2. The number of rotatable bonds is 6. The smallest absolute Gasteiger partial charge is 0.340 e. The maximum atomic E-state index is 12.0. The molecule has 114 valence electrons. The van der Waals surface area contributed by atoms with Gasteiger partial charge in [-0.25, -0.2) is 9.78 Å². The molecule has 6 heteroatoms. The molecular weight excluding hydrogens is 300 g/mol. The molecule has 0 spiro atoms. The molecule has 2 rings (SSSR count). The molecule has 1 amide bonds. The van der Waals surface area contributed by atoms with Gasteiger partial charge in [0, 0.05) is 6.20 Å². The van der Waals surface area contributed by atoms with E-state index in [0.29, 0.717) is 11.3 Å². The van der Waals surface area contributed by atoms with Gasteiger partial charge in [0.15, 0.2) is 0 Å². The highest BCUT2D eigenvalue weighted by molar-refractivity contribution is 7.99. The lowest BCUT2D eigenvalue weighted by Gasteiger charge is -2.10. The number of ether oxygens (including phenoxy) is 1. The minimum Gasteiger partial charge on any atom is -0.462 e. The number of hydrogen-bond acceptors (Lipinski definition) is 5. The van der Waals surface area contributed by atoms with E-state index in [2.05, 4.69) is 10.3 Å². The number of pyridine rings is 1.